The molecule has 7 nitrogen and oxygen atoms in total. The van der Waals surface area contributed by atoms with Gasteiger partial charge in [-0.2, -0.15) is 0 Å². The molecule has 0 saturated carbocycles. The van der Waals surface area contributed by atoms with Gasteiger partial charge in [-0.25, -0.2) is 13.8 Å². The summed E-state index contributed by atoms with van der Waals surface area (Å²) < 4.78 is 33.7. The van der Waals surface area contributed by atoms with Crippen molar-refractivity contribution in [2.45, 2.75) is 26.0 Å². The number of carbonyl (C=O) groups is 2. The maximum absolute atomic E-state index is 13.8. The molecule has 4 rings (SSSR count). The number of aromatic nitrogens is 1. The summed E-state index contributed by atoms with van der Waals surface area (Å²) in [4.78, 5) is 33.9. The third-order valence-electron chi connectivity index (χ3n) is 6.55. The Labute approximate surface area is 214 Å². The summed E-state index contributed by atoms with van der Waals surface area (Å²) >= 11 is 0. The van der Waals surface area contributed by atoms with Crippen LogP contribution in [0.1, 0.15) is 34.6 Å². The molecule has 1 aromatic heterocycles. The summed E-state index contributed by atoms with van der Waals surface area (Å²) in [6, 6.07) is 12.5. The number of halogens is 2. The number of aliphatic hydroxyl groups excluding tert-OH is 1. The van der Waals surface area contributed by atoms with Crippen molar-refractivity contribution in [2.24, 2.45) is 5.92 Å². The van der Waals surface area contributed by atoms with Crippen molar-refractivity contribution in [1.82, 2.24) is 14.8 Å². The Bertz CT molecular complexity index is 1300. The molecule has 37 heavy (non-hydrogen) atoms. The van der Waals surface area contributed by atoms with E-state index in [9.17, 15) is 23.5 Å². The number of benzene rings is 2. The van der Waals surface area contributed by atoms with E-state index in [1.165, 1.54) is 41.4 Å². The molecule has 0 radical (unpaired) electrons. The summed E-state index contributed by atoms with van der Waals surface area (Å²) in [7, 11) is 1.60. The van der Waals surface area contributed by atoms with Gasteiger partial charge < -0.3 is 19.6 Å². The number of ether oxygens (including phenoxy) is 1. The van der Waals surface area contributed by atoms with Gasteiger partial charge in [0.2, 0.25) is 5.88 Å². The van der Waals surface area contributed by atoms with Gasteiger partial charge in [-0.1, -0.05) is 25.1 Å². The topological polar surface area (TPSA) is 83.0 Å². The lowest BCUT2D eigenvalue weighted by atomic mass is 9.99. The number of rotatable bonds is 6. The molecule has 3 atom stereocenters. The van der Waals surface area contributed by atoms with Crippen LogP contribution in [0.2, 0.25) is 0 Å². The van der Waals surface area contributed by atoms with Crippen molar-refractivity contribution >= 4 is 11.8 Å². The minimum atomic E-state index is -0.560. The number of likely N-dealkylation sites (N-methyl/N-ethyl adjacent to an activating group) is 1. The van der Waals surface area contributed by atoms with Gasteiger partial charge >= 0.3 is 0 Å². The van der Waals surface area contributed by atoms with E-state index >= 15 is 0 Å². The Morgan fingerprint density at radius 2 is 1.86 bits per heavy atom. The van der Waals surface area contributed by atoms with Gasteiger partial charge in [0.15, 0.2) is 0 Å². The van der Waals surface area contributed by atoms with Gasteiger partial charge in [0.25, 0.3) is 11.8 Å². The van der Waals surface area contributed by atoms with E-state index in [1.807, 2.05) is 6.92 Å². The number of hydrogen-bond donors (Lipinski definition) is 1. The molecular formula is C28H29F2N3O4. The average molecular weight is 510 g/mol. The maximum atomic E-state index is 13.8. The van der Waals surface area contributed by atoms with Crippen molar-refractivity contribution in [1.29, 1.82) is 0 Å². The van der Waals surface area contributed by atoms with Crippen LogP contribution in [0.15, 0.2) is 60.8 Å². The van der Waals surface area contributed by atoms with E-state index in [-0.39, 0.29) is 54.4 Å². The van der Waals surface area contributed by atoms with Crippen LogP contribution in [0, 0.1) is 17.6 Å². The van der Waals surface area contributed by atoms with Crippen LogP contribution >= 0.6 is 0 Å². The Morgan fingerprint density at radius 1 is 1.16 bits per heavy atom. The Hall–Kier alpha value is -3.85. The van der Waals surface area contributed by atoms with Crippen molar-refractivity contribution in [3.05, 3.63) is 83.6 Å². The highest BCUT2D eigenvalue weighted by molar-refractivity contribution is 5.98. The molecule has 9 heteroatoms. The fraction of sp³-hybridized carbons (Fsp3) is 0.321. The lowest BCUT2D eigenvalue weighted by Gasteiger charge is -2.37. The molecular weight excluding hydrogens is 480 g/mol. The Kier molecular flexibility index (Phi) is 7.83. The standard InChI is InChI=1S/C28H29F2N3O4/c1-17-14-33(18(2)16-34)28(36)24-12-21(19-6-4-8-22(29)10-19)13-31-26(24)37-25(17)15-32(3)27(35)20-7-5-9-23(30)11-20/h4-13,17-18,25,34H,14-16H2,1-3H3/t17-,18-,25+/m1/s1. The van der Waals surface area contributed by atoms with Crippen LogP contribution in [-0.2, 0) is 0 Å². The summed E-state index contributed by atoms with van der Waals surface area (Å²) in [5.74, 6) is -1.81. The number of nitrogens with zero attached hydrogens (tertiary/aromatic N) is 3. The number of pyridine rings is 1. The first kappa shape index (κ1) is 26.2. The summed E-state index contributed by atoms with van der Waals surface area (Å²) in [5, 5.41) is 9.83. The molecule has 0 saturated heterocycles. The number of carbonyl (C=O) groups excluding carboxylic acids is 2. The zero-order valence-electron chi connectivity index (χ0n) is 20.9. The lowest BCUT2D eigenvalue weighted by Crippen LogP contribution is -2.50. The largest absolute Gasteiger partial charge is 0.472 e. The molecule has 194 valence electrons. The van der Waals surface area contributed by atoms with Gasteiger partial charge in [0, 0.05) is 36.8 Å². The molecule has 2 aromatic carbocycles. The van der Waals surface area contributed by atoms with Crippen molar-refractivity contribution in [2.75, 3.05) is 26.7 Å². The molecule has 1 aliphatic heterocycles. The highest BCUT2D eigenvalue weighted by Gasteiger charge is 2.35. The minimum Gasteiger partial charge on any atom is -0.472 e. The van der Waals surface area contributed by atoms with Crippen molar-refractivity contribution < 1.29 is 28.2 Å². The van der Waals surface area contributed by atoms with Gasteiger partial charge in [-0.05, 0) is 48.9 Å². The molecule has 0 aliphatic carbocycles. The van der Waals surface area contributed by atoms with Crippen molar-refractivity contribution in [3.63, 3.8) is 0 Å². The van der Waals surface area contributed by atoms with Crippen LogP contribution in [-0.4, -0.2) is 70.6 Å². The maximum Gasteiger partial charge on any atom is 0.259 e. The molecule has 3 aromatic rings. The number of fused-ring (bicyclic) bond motifs is 1. The second-order valence-corrected chi connectivity index (χ2v) is 9.41. The van der Waals surface area contributed by atoms with Gasteiger partial charge in [-0.3, -0.25) is 9.59 Å². The van der Waals surface area contributed by atoms with Crippen molar-refractivity contribution in [3.8, 4) is 17.0 Å². The molecule has 0 bridgehead atoms. The zero-order chi connectivity index (χ0) is 26.7. The molecule has 0 spiro atoms. The van der Waals surface area contributed by atoms with Crippen LogP contribution < -0.4 is 4.74 Å². The lowest BCUT2D eigenvalue weighted by molar-refractivity contribution is 0.0313. The monoisotopic (exact) mass is 509 g/mol. The van der Waals surface area contributed by atoms with Gasteiger partial charge in [0.05, 0.1) is 19.2 Å². The highest BCUT2D eigenvalue weighted by atomic mass is 19.1. The van der Waals surface area contributed by atoms with E-state index in [4.69, 9.17) is 4.74 Å². The predicted octanol–water partition coefficient (Wildman–Crippen LogP) is 4.02. The zero-order valence-corrected chi connectivity index (χ0v) is 20.9. The van der Waals surface area contributed by atoms with E-state index in [2.05, 4.69) is 4.98 Å². The molecule has 0 unspecified atom stereocenters. The second-order valence-electron chi connectivity index (χ2n) is 9.41. The first-order valence-corrected chi connectivity index (χ1v) is 12.0. The molecule has 2 amide bonds. The van der Waals surface area contributed by atoms with Crippen LogP contribution in [0.5, 0.6) is 5.88 Å². The smallest absolute Gasteiger partial charge is 0.259 e. The highest BCUT2D eigenvalue weighted by Crippen LogP contribution is 2.30. The molecule has 2 heterocycles. The number of aliphatic hydroxyl groups is 1. The molecule has 0 fully saturated rings. The first-order chi connectivity index (χ1) is 17.7. The third kappa shape index (κ3) is 5.77. The second kappa shape index (κ2) is 11.0. The quantitative estimate of drug-likeness (QED) is 0.543. The Balaban J connectivity index is 1.68. The minimum absolute atomic E-state index is 0.0865. The number of hydrogen-bond acceptors (Lipinski definition) is 5. The SMILES string of the molecule is C[C@@H]1CN([C@H](C)CO)C(=O)c2cc(-c3cccc(F)c3)cnc2O[C@H]1CN(C)C(=O)c1cccc(F)c1. The fourth-order valence-corrected chi connectivity index (χ4v) is 4.34. The van der Waals surface area contributed by atoms with Crippen LogP contribution in [0.4, 0.5) is 8.78 Å². The molecule has 1 N–H and O–H groups in total. The van der Waals surface area contributed by atoms with E-state index in [0.29, 0.717) is 11.1 Å². The fourth-order valence-electron chi connectivity index (χ4n) is 4.34. The normalized spacial score (nSPS) is 18.3. The summed E-state index contributed by atoms with van der Waals surface area (Å²) in [6.45, 7) is 3.80. The van der Waals surface area contributed by atoms with Gasteiger partial charge in [-0.15, -0.1) is 0 Å². The van der Waals surface area contributed by atoms with Gasteiger partial charge in [0.1, 0.15) is 23.3 Å². The molecule has 1 aliphatic rings. The number of amides is 2. The van der Waals surface area contributed by atoms with E-state index in [1.54, 1.807) is 43.1 Å². The van der Waals surface area contributed by atoms with Crippen LogP contribution in [0.25, 0.3) is 11.1 Å². The van der Waals surface area contributed by atoms with E-state index < -0.39 is 23.8 Å². The Morgan fingerprint density at radius 3 is 2.54 bits per heavy atom. The average Bonchev–Trinajstić information content (AvgIpc) is 2.89. The third-order valence-corrected chi connectivity index (χ3v) is 6.55. The summed E-state index contributed by atoms with van der Waals surface area (Å²) in [5.41, 5.74) is 1.48. The summed E-state index contributed by atoms with van der Waals surface area (Å²) in [6.07, 6.45) is 0.946. The first-order valence-electron chi connectivity index (χ1n) is 12.0. The predicted molar refractivity (Wildman–Crippen MR) is 134 cm³/mol. The van der Waals surface area contributed by atoms with E-state index in [0.717, 1.165) is 0 Å². The van der Waals surface area contributed by atoms with Crippen LogP contribution in [0.3, 0.4) is 0 Å².